The van der Waals surface area contributed by atoms with Crippen molar-refractivity contribution in [2.75, 3.05) is 13.2 Å². The second kappa shape index (κ2) is 5.71. The molecule has 2 unspecified atom stereocenters. The minimum absolute atomic E-state index is 0.189. The van der Waals surface area contributed by atoms with Gasteiger partial charge in [-0.15, -0.1) is 0 Å². The minimum Gasteiger partial charge on any atom is -0.389 e. The van der Waals surface area contributed by atoms with Gasteiger partial charge in [0.1, 0.15) is 0 Å². The van der Waals surface area contributed by atoms with Gasteiger partial charge in [0.2, 0.25) is 0 Å². The molecule has 0 saturated heterocycles. The molecule has 2 fully saturated rings. The third-order valence-electron chi connectivity index (χ3n) is 5.43. The Morgan fingerprint density at radius 1 is 1.26 bits per heavy atom. The van der Waals surface area contributed by atoms with Crippen molar-refractivity contribution in [3.63, 3.8) is 0 Å². The molecule has 0 amide bonds. The Hall–Kier alpha value is -0.120. The highest BCUT2D eigenvalue weighted by Gasteiger charge is 2.49. The first-order valence-electron chi connectivity index (χ1n) is 7.95. The molecule has 0 aromatic rings. The molecule has 112 valence electrons. The summed E-state index contributed by atoms with van der Waals surface area (Å²) in [5.41, 5.74) is -0.284. The van der Waals surface area contributed by atoms with Gasteiger partial charge in [-0.2, -0.15) is 0 Å². The number of nitrogens with one attached hydrogen (secondary N) is 1. The number of rotatable bonds is 5. The molecule has 0 aliphatic heterocycles. The second-order valence-corrected chi connectivity index (χ2v) is 7.34. The van der Waals surface area contributed by atoms with E-state index < -0.39 is 5.60 Å². The van der Waals surface area contributed by atoms with E-state index in [0.29, 0.717) is 12.1 Å². The molecule has 0 heterocycles. The summed E-state index contributed by atoms with van der Waals surface area (Å²) in [6.07, 6.45) is 5.66. The third-order valence-corrected chi connectivity index (χ3v) is 5.43. The summed E-state index contributed by atoms with van der Waals surface area (Å²) in [5.74, 6) is 0.780. The lowest BCUT2D eigenvalue weighted by Gasteiger charge is -2.52. The van der Waals surface area contributed by atoms with E-state index in [4.69, 9.17) is 4.74 Å². The van der Waals surface area contributed by atoms with Crippen molar-refractivity contribution in [1.82, 2.24) is 5.32 Å². The lowest BCUT2D eigenvalue weighted by Crippen LogP contribution is -2.63. The van der Waals surface area contributed by atoms with Crippen molar-refractivity contribution in [2.24, 2.45) is 11.3 Å². The SMILES string of the molecule is CCOC1CC(NCC2(O)CCC(C)CC2)C1(C)C. The number of ether oxygens (including phenoxy) is 1. The summed E-state index contributed by atoms with van der Waals surface area (Å²) in [6, 6.07) is 0.479. The fraction of sp³-hybridized carbons (Fsp3) is 1.00. The second-order valence-electron chi connectivity index (χ2n) is 7.34. The van der Waals surface area contributed by atoms with Gasteiger partial charge in [0.25, 0.3) is 0 Å². The zero-order valence-corrected chi connectivity index (χ0v) is 13.0. The Bertz CT molecular complexity index is 295. The van der Waals surface area contributed by atoms with Gasteiger partial charge >= 0.3 is 0 Å². The number of hydrogen-bond acceptors (Lipinski definition) is 3. The van der Waals surface area contributed by atoms with Crippen LogP contribution in [0, 0.1) is 11.3 Å². The van der Waals surface area contributed by atoms with Gasteiger partial charge in [0, 0.05) is 24.6 Å². The molecule has 0 spiro atoms. The maximum Gasteiger partial charge on any atom is 0.0771 e. The average molecular weight is 269 g/mol. The van der Waals surface area contributed by atoms with Gasteiger partial charge < -0.3 is 15.2 Å². The summed E-state index contributed by atoms with van der Waals surface area (Å²) in [4.78, 5) is 0. The molecule has 2 saturated carbocycles. The zero-order valence-electron chi connectivity index (χ0n) is 13.0. The fourth-order valence-corrected chi connectivity index (χ4v) is 3.51. The molecule has 0 radical (unpaired) electrons. The molecule has 0 bridgehead atoms. The van der Waals surface area contributed by atoms with E-state index in [1.165, 1.54) is 0 Å². The molecule has 2 aliphatic rings. The zero-order chi connectivity index (χ0) is 14.1. The maximum absolute atomic E-state index is 10.6. The molecular formula is C16H31NO2. The third kappa shape index (κ3) is 3.32. The van der Waals surface area contributed by atoms with Crippen LogP contribution in [0.2, 0.25) is 0 Å². The summed E-state index contributed by atoms with van der Waals surface area (Å²) in [6.45, 7) is 10.4. The predicted octanol–water partition coefficient (Wildman–Crippen LogP) is 2.72. The normalized spacial score (nSPS) is 41.8. The van der Waals surface area contributed by atoms with E-state index >= 15 is 0 Å². The van der Waals surface area contributed by atoms with Crippen LogP contribution in [0.5, 0.6) is 0 Å². The largest absolute Gasteiger partial charge is 0.389 e. The quantitative estimate of drug-likeness (QED) is 0.806. The fourth-order valence-electron chi connectivity index (χ4n) is 3.51. The Morgan fingerprint density at radius 2 is 1.89 bits per heavy atom. The highest BCUT2D eigenvalue weighted by atomic mass is 16.5. The van der Waals surface area contributed by atoms with Crippen molar-refractivity contribution in [1.29, 1.82) is 0 Å². The average Bonchev–Trinajstić information content (AvgIpc) is 2.37. The molecule has 3 nitrogen and oxygen atoms in total. The van der Waals surface area contributed by atoms with Crippen molar-refractivity contribution in [2.45, 2.75) is 77.5 Å². The van der Waals surface area contributed by atoms with Crippen molar-refractivity contribution in [3.05, 3.63) is 0 Å². The summed E-state index contributed by atoms with van der Waals surface area (Å²) >= 11 is 0. The van der Waals surface area contributed by atoms with Gasteiger partial charge in [-0.3, -0.25) is 0 Å². The number of aliphatic hydroxyl groups is 1. The summed E-state index contributed by atoms with van der Waals surface area (Å²) in [5, 5.41) is 14.2. The Labute approximate surface area is 118 Å². The topological polar surface area (TPSA) is 41.5 Å². The molecular weight excluding hydrogens is 238 g/mol. The van der Waals surface area contributed by atoms with E-state index in [0.717, 1.165) is 51.2 Å². The van der Waals surface area contributed by atoms with E-state index in [1.54, 1.807) is 0 Å². The summed E-state index contributed by atoms with van der Waals surface area (Å²) < 4.78 is 5.75. The van der Waals surface area contributed by atoms with Crippen LogP contribution in [0.3, 0.4) is 0 Å². The van der Waals surface area contributed by atoms with Crippen LogP contribution in [-0.2, 0) is 4.74 Å². The standard InChI is InChI=1S/C16H31NO2/c1-5-19-14-10-13(15(14,3)4)17-11-16(18)8-6-12(2)7-9-16/h12-14,17-18H,5-11H2,1-4H3. The van der Waals surface area contributed by atoms with Gasteiger partial charge in [-0.25, -0.2) is 0 Å². The molecule has 2 atom stereocenters. The highest BCUT2D eigenvalue weighted by molar-refractivity contribution is 5.03. The molecule has 2 rings (SSSR count). The molecule has 3 heteroatoms. The monoisotopic (exact) mass is 269 g/mol. The lowest BCUT2D eigenvalue weighted by atomic mass is 9.64. The van der Waals surface area contributed by atoms with Gasteiger partial charge in [-0.1, -0.05) is 20.8 Å². The van der Waals surface area contributed by atoms with Crippen LogP contribution < -0.4 is 5.32 Å². The Morgan fingerprint density at radius 3 is 2.42 bits per heavy atom. The van der Waals surface area contributed by atoms with Crippen molar-refractivity contribution in [3.8, 4) is 0 Å². The predicted molar refractivity (Wildman–Crippen MR) is 78.2 cm³/mol. The van der Waals surface area contributed by atoms with Crippen LogP contribution in [0.15, 0.2) is 0 Å². The molecule has 0 aromatic heterocycles. The van der Waals surface area contributed by atoms with Gasteiger partial charge in [0.05, 0.1) is 11.7 Å². The Balaban J connectivity index is 1.77. The maximum atomic E-state index is 10.6. The van der Waals surface area contributed by atoms with Crippen LogP contribution in [0.4, 0.5) is 0 Å². The number of hydrogen-bond donors (Lipinski definition) is 2. The smallest absolute Gasteiger partial charge is 0.0771 e. The lowest BCUT2D eigenvalue weighted by molar-refractivity contribution is -0.119. The first-order chi connectivity index (χ1) is 8.87. The molecule has 2 N–H and O–H groups in total. The van der Waals surface area contributed by atoms with E-state index in [1.807, 2.05) is 0 Å². The molecule has 2 aliphatic carbocycles. The van der Waals surface area contributed by atoms with Crippen molar-refractivity contribution >= 4 is 0 Å². The van der Waals surface area contributed by atoms with E-state index in [-0.39, 0.29) is 5.41 Å². The van der Waals surface area contributed by atoms with Crippen LogP contribution in [-0.4, -0.2) is 36.0 Å². The summed E-state index contributed by atoms with van der Waals surface area (Å²) in [7, 11) is 0. The van der Waals surface area contributed by atoms with Crippen LogP contribution >= 0.6 is 0 Å². The highest BCUT2D eigenvalue weighted by Crippen LogP contribution is 2.43. The molecule has 19 heavy (non-hydrogen) atoms. The van der Waals surface area contributed by atoms with Crippen LogP contribution in [0.1, 0.15) is 59.8 Å². The first-order valence-corrected chi connectivity index (χ1v) is 7.95. The Kier molecular flexibility index (Phi) is 4.59. The van der Waals surface area contributed by atoms with Crippen molar-refractivity contribution < 1.29 is 9.84 Å². The van der Waals surface area contributed by atoms with Gasteiger partial charge in [-0.05, 0) is 44.9 Å². The van der Waals surface area contributed by atoms with Crippen LogP contribution in [0.25, 0.3) is 0 Å². The minimum atomic E-state index is -0.473. The van der Waals surface area contributed by atoms with E-state index in [2.05, 4.69) is 33.0 Å². The van der Waals surface area contributed by atoms with E-state index in [9.17, 15) is 5.11 Å². The first kappa shape index (κ1) is 15.3. The molecule has 0 aromatic carbocycles. The van der Waals surface area contributed by atoms with Gasteiger partial charge in [0.15, 0.2) is 0 Å².